The predicted molar refractivity (Wildman–Crippen MR) is 101 cm³/mol. The molecule has 0 radical (unpaired) electrons. The molecule has 1 aliphatic heterocycles. The van der Waals surface area contributed by atoms with E-state index in [2.05, 4.69) is 20.9 Å². The molecule has 0 N–H and O–H groups in total. The minimum atomic E-state index is -0.151. The van der Waals surface area contributed by atoms with Gasteiger partial charge in [-0.3, -0.25) is 24.2 Å². The van der Waals surface area contributed by atoms with Crippen LogP contribution in [-0.2, 0) is 16.1 Å². The Labute approximate surface area is 159 Å². The smallest absolute Gasteiger partial charge is 0.259 e. The highest BCUT2D eigenvalue weighted by Gasteiger charge is 2.28. The van der Waals surface area contributed by atoms with Crippen molar-refractivity contribution in [1.82, 2.24) is 9.88 Å². The molecule has 134 valence electrons. The summed E-state index contributed by atoms with van der Waals surface area (Å²) in [4.78, 5) is 43.3. The maximum Gasteiger partial charge on any atom is 0.259 e. The van der Waals surface area contributed by atoms with E-state index in [0.717, 1.165) is 10.0 Å². The molecule has 1 aliphatic rings. The zero-order valence-corrected chi connectivity index (χ0v) is 15.9. The van der Waals surface area contributed by atoms with Crippen molar-refractivity contribution in [2.75, 3.05) is 11.4 Å². The minimum Gasteiger partial charge on any atom is -0.293 e. The highest BCUT2D eigenvalue weighted by atomic mass is 79.9. The molecule has 7 heteroatoms. The van der Waals surface area contributed by atoms with Gasteiger partial charge in [-0.05, 0) is 52.7 Å². The molecule has 2 aromatic rings. The first-order valence-electron chi connectivity index (χ1n) is 8.35. The Bertz CT molecular complexity index is 818. The van der Waals surface area contributed by atoms with Gasteiger partial charge in [0.25, 0.3) is 5.91 Å². The number of anilines is 1. The number of imide groups is 1. The highest BCUT2D eigenvalue weighted by molar-refractivity contribution is 9.10. The van der Waals surface area contributed by atoms with E-state index in [1.54, 1.807) is 41.4 Å². The number of carbonyl (C=O) groups is 3. The molecule has 1 aromatic heterocycles. The number of hydrogen-bond acceptors (Lipinski definition) is 4. The Morgan fingerprint density at radius 3 is 2.31 bits per heavy atom. The maximum absolute atomic E-state index is 12.8. The van der Waals surface area contributed by atoms with Crippen LogP contribution >= 0.6 is 15.9 Å². The van der Waals surface area contributed by atoms with Crippen LogP contribution in [0.1, 0.15) is 35.7 Å². The molecule has 2 heterocycles. The molecule has 1 aromatic carbocycles. The van der Waals surface area contributed by atoms with Crippen molar-refractivity contribution >= 4 is 39.5 Å². The Morgan fingerprint density at radius 2 is 1.77 bits per heavy atom. The van der Waals surface area contributed by atoms with Gasteiger partial charge in [-0.15, -0.1) is 0 Å². The average Bonchev–Trinajstić information content (AvgIpc) is 2.96. The Balaban J connectivity index is 1.74. The van der Waals surface area contributed by atoms with E-state index in [4.69, 9.17) is 0 Å². The van der Waals surface area contributed by atoms with E-state index < -0.39 is 0 Å². The SMILES string of the molecule is CCN(C(=O)c1ccc(CN2C(=O)CCC2=O)cc1)c1ccc(Br)cn1. The quantitative estimate of drug-likeness (QED) is 0.703. The van der Waals surface area contributed by atoms with Gasteiger partial charge >= 0.3 is 0 Å². The van der Waals surface area contributed by atoms with Crippen molar-refractivity contribution in [3.05, 3.63) is 58.2 Å². The molecule has 0 atom stereocenters. The molecule has 0 saturated carbocycles. The van der Waals surface area contributed by atoms with Gasteiger partial charge in [-0.2, -0.15) is 0 Å². The summed E-state index contributed by atoms with van der Waals surface area (Å²) < 4.78 is 0.847. The summed E-state index contributed by atoms with van der Waals surface area (Å²) in [6.07, 6.45) is 2.21. The van der Waals surface area contributed by atoms with Gasteiger partial charge in [0, 0.05) is 35.6 Å². The lowest BCUT2D eigenvalue weighted by Gasteiger charge is -2.20. The molecule has 6 nitrogen and oxygen atoms in total. The van der Waals surface area contributed by atoms with E-state index in [-0.39, 0.29) is 37.1 Å². The number of pyridine rings is 1. The van der Waals surface area contributed by atoms with Crippen molar-refractivity contribution in [1.29, 1.82) is 0 Å². The molecule has 3 amide bonds. The van der Waals surface area contributed by atoms with Crippen LogP contribution < -0.4 is 4.90 Å². The lowest BCUT2D eigenvalue weighted by molar-refractivity contribution is -0.139. The third-order valence-electron chi connectivity index (χ3n) is 4.25. The van der Waals surface area contributed by atoms with Crippen LogP contribution in [0.2, 0.25) is 0 Å². The van der Waals surface area contributed by atoms with E-state index >= 15 is 0 Å². The van der Waals surface area contributed by atoms with Crippen LogP contribution in [-0.4, -0.2) is 34.2 Å². The number of carbonyl (C=O) groups excluding carboxylic acids is 3. The van der Waals surface area contributed by atoms with E-state index in [9.17, 15) is 14.4 Å². The molecule has 0 spiro atoms. The number of amides is 3. The van der Waals surface area contributed by atoms with Crippen LogP contribution in [0.5, 0.6) is 0 Å². The summed E-state index contributed by atoms with van der Waals surface area (Å²) in [5, 5.41) is 0. The lowest BCUT2D eigenvalue weighted by atomic mass is 10.1. The third-order valence-corrected chi connectivity index (χ3v) is 4.72. The second-order valence-electron chi connectivity index (χ2n) is 5.95. The third kappa shape index (κ3) is 3.83. The average molecular weight is 416 g/mol. The van der Waals surface area contributed by atoms with E-state index in [1.165, 1.54) is 4.90 Å². The maximum atomic E-state index is 12.8. The first-order chi connectivity index (χ1) is 12.5. The number of hydrogen-bond donors (Lipinski definition) is 0. The fourth-order valence-electron chi connectivity index (χ4n) is 2.83. The molecular formula is C19H18BrN3O3. The Kier molecular flexibility index (Phi) is 5.46. The van der Waals surface area contributed by atoms with Crippen LogP contribution in [0.4, 0.5) is 5.82 Å². The molecule has 0 bridgehead atoms. The van der Waals surface area contributed by atoms with Gasteiger partial charge in [0.1, 0.15) is 5.82 Å². The Morgan fingerprint density at radius 1 is 1.12 bits per heavy atom. The highest BCUT2D eigenvalue weighted by Crippen LogP contribution is 2.19. The van der Waals surface area contributed by atoms with Crippen LogP contribution in [0.3, 0.4) is 0 Å². The van der Waals surface area contributed by atoms with Gasteiger partial charge in [0.05, 0.1) is 6.54 Å². The summed E-state index contributed by atoms with van der Waals surface area (Å²) in [6.45, 7) is 2.63. The van der Waals surface area contributed by atoms with E-state index in [0.29, 0.717) is 17.9 Å². The summed E-state index contributed by atoms with van der Waals surface area (Å²) in [5.41, 5.74) is 1.34. The number of benzene rings is 1. The van der Waals surface area contributed by atoms with Gasteiger partial charge < -0.3 is 0 Å². The van der Waals surface area contributed by atoms with Crippen molar-refractivity contribution in [2.24, 2.45) is 0 Å². The number of halogens is 1. The van der Waals surface area contributed by atoms with Crippen molar-refractivity contribution in [3.63, 3.8) is 0 Å². The van der Waals surface area contributed by atoms with Gasteiger partial charge in [0.2, 0.25) is 11.8 Å². The minimum absolute atomic E-state index is 0.145. The van der Waals surface area contributed by atoms with E-state index in [1.807, 2.05) is 13.0 Å². The van der Waals surface area contributed by atoms with Gasteiger partial charge in [-0.1, -0.05) is 12.1 Å². The zero-order chi connectivity index (χ0) is 18.7. The summed E-state index contributed by atoms with van der Waals surface area (Å²) in [6, 6.07) is 10.6. The molecule has 3 rings (SSSR count). The zero-order valence-electron chi connectivity index (χ0n) is 14.3. The summed E-state index contributed by atoms with van der Waals surface area (Å²) in [5.74, 6) is 0.141. The normalized spacial score (nSPS) is 14.0. The number of aromatic nitrogens is 1. The molecule has 1 saturated heterocycles. The monoisotopic (exact) mass is 415 g/mol. The van der Waals surface area contributed by atoms with Gasteiger partial charge in [0.15, 0.2) is 0 Å². The van der Waals surface area contributed by atoms with Crippen molar-refractivity contribution < 1.29 is 14.4 Å². The predicted octanol–water partition coefficient (Wildman–Crippen LogP) is 3.16. The fourth-order valence-corrected chi connectivity index (χ4v) is 3.06. The summed E-state index contributed by atoms with van der Waals surface area (Å²) >= 11 is 3.33. The second-order valence-corrected chi connectivity index (χ2v) is 6.87. The fraction of sp³-hybridized carbons (Fsp3) is 0.263. The van der Waals surface area contributed by atoms with Gasteiger partial charge in [-0.25, -0.2) is 4.98 Å². The molecule has 0 unspecified atom stereocenters. The number of likely N-dealkylation sites (tertiary alicyclic amines) is 1. The topological polar surface area (TPSA) is 70.6 Å². The van der Waals surface area contributed by atoms with Crippen LogP contribution in [0, 0.1) is 0 Å². The van der Waals surface area contributed by atoms with Crippen LogP contribution in [0.25, 0.3) is 0 Å². The van der Waals surface area contributed by atoms with Crippen molar-refractivity contribution in [2.45, 2.75) is 26.3 Å². The standard InChI is InChI=1S/C19H18BrN3O3/c1-2-22(16-8-7-15(20)11-21-16)19(26)14-5-3-13(4-6-14)12-23-17(24)9-10-18(23)25/h3-8,11H,2,9-10,12H2,1H3. The molecular weight excluding hydrogens is 398 g/mol. The molecule has 1 fully saturated rings. The summed E-state index contributed by atoms with van der Waals surface area (Å²) in [7, 11) is 0. The molecule has 26 heavy (non-hydrogen) atoms. The largest absolute Gasteiger partial charge is 0.293 e. The lowest BCUT2D eigenvalue weighted by Crippen LogP contribution is -2.31. The second kappa shape index (κ2) is 7.78. The number of rotatable bonds is 5. The van der Waals surface area contributed by atoms with Crippen LogP contribution in [0.15, 0.2) is 47.1 Å². The van der Waals surface area contributed by atoms with Crippen molar-refractivity contribution in [3.8, 4) is 0 Å². The molecule has 0 aliphatic carbocycles. The number of nitrogens with zero attached hydrogens (tertiary/aromatic N) is 3. The Hall–Kier alpha value is -2.54. The first-order valence-corrected chi connectivity index (χ1v) is 9.14. The first kappa shape index (κ1) is 18.3.